The van der Waals surface area contributed by atoms with Crippen molar-refractivity contribution in [1.29, 1.82) is 0 Å². The molecule has 0 aromatic heterocycles. The van der Waals surface area contributed by atoms with E-state index < -0.39 is 0 Å². The lowest BCUT2D eigenvalue weighted by atomic mass is 9.50. The van der Waals surface area contributed by atoms with Gasteiger partial charge in [0.05, 0.1) is 0 Å². The Morgan fingerprint density at radius 2 is 1.74 bits per heavy atom. The maximum absolute atomic E-state index is 10.8. The van der Waals surface area contributed by atoms with Crippen LogP contribution in [0.15, 0.2) is 35.5 Å². The van der Waals surface area contributed by atoms with Gasteiger partial charge in [0.1, 0.15) is 6.10 Å². The lowest BCUT2D eigenvalue weighted by Gasteiger charge is -2.55. The molecule has 0 aromatic rings. The summed E-state index contributed by atoms with van der Waals surface area (Å²) in [6.07, 6.45) is 18.5. The van der Waals surface area contributed by atoms with Gasteiger partial charge in [0.2, 0.25) is 0 Å². The standard InChI is InChI=1S/C29H44O2/c1-19(2)20(3)7-8-21(4)25-11-12-26-24-10-9-22-17-23(31-18-30)13-15-28(22,5)27(24)14-16-29(25,26)6/h7-10,18-21,23,25-27H,11-17H2,1-6H3/b8-7+/t20-,21+,23-,25+,26-,27-,28-,29+/m0/s1. The summed E-state index contributed by atoms with van der Waals surface area (Å²) < 4.78 is 5.34. The van der Waals surface area contributed by atoms with Crippen LogP contribution in [0, 0.1) is 46.3 Å². The molecular formula is C29H44O2. The Bertz CT molecular complexity index is 774. The average Bonchev–Trinajstić information content (AvgIpc) is 3.09. The van der Waals surface area contributed by atoms with Gasteiger partial charge in [0.25, 0.3) is 6.47 Å². The quantitative estimate of drug-likeness (QED) is 0.326. The van der Waals surface area contributed by atoms with Crippen LogP contribution in [0.1, 0.15) is 86.5 Å². The SMILES string of the molecule is CC(C)[C@@H](C)/C=C/[C@@H](C)[C@H]1CC[C@H]2C3=CC=C4C[C@@H](OC=O)CC[C@]4(C)[C@H]3CC[C@]12C. The molecule has 3 saturated carbocycles. The molecular weight excluding hydrogens is 380 g/mol. The number of hydrogen-bond donors (Lipinski definition) is 0. The van der Waals surface area contributed by atoms with Gasteiger partial charge in [0.15, 0.2) is 0 Å². The first-order valence-corrected chi connectivity index (χ1v) is 12.9. The largest absolute Gasteiger partial charge is 0.464 e. The normalized spacial score (nSPS) is 41.6. The highest BCUT2D eigenvalue weighted by Gasteiger charge is 2.56. The van der Waals surface area contributed by atoms with Gasteiger partial charge in [0, 0.05) is 6.42 Å². The van der Waals surface area contributed by atoms with Gasteiger partial charge in [-0.05, 0) is 84.9 Å². The highest BCUT2D eigenvalue weighted by Crippen LogP contribution is 2.66. The van der Waals surface area contributed by atoms with E-state index in [0.29, 0.717) is 35.6 Å². The van der Waals surface area contributed by atoms with Crippen molar-refractivity contribution in [3.63, 3.8) is 0 Å². The van der Waals surface area contributed by atoms with Crippen molar-refractivity contribution in [2.45, 2.75) is 92.6 Å². The molecule has 2 heteroatoms. The molecule has 0 amide bonds. The Morgan fingerprint density at radius 3 is 2.45 bits per heavy atom. The van der Waals surface area contributed by atoms with Crippen molar-refractivity contribution >= 4 is 6.47 Å². The van der Waals surface area contributed by atoms with Crippen molar-refractivity contribution in [2.75, 3.05) is 0 Å². The van der Waals surface area contributed by atoms with Crippen molar-refractivity contribution in [3.8, 4) is 0 Å². The summed E-state index contributed by atoms with van der Waals surface area (Å²) in [4.78, 5) is 10.8. The summed E-state index contributed by atoms with van der Waals surface area (Å²) in [5.41, 5.74) is 3.98. The van der Waals surface area contributed by atoms with Crippen molar-refractivity contribution in [1.82, 2.24) is 0 Å². The van der Waals surface area contributed by atoms with Crippen LogP contribution in [-0.2, 0) is 9.53 Å². The van der Waals surface area contributed by atoms with Crippen LogP contribution in [0.3, 0.4) is 0 Å². The Balaban J connectivity index is 1.55. The van der Waals surface area contributed by atoms with Crippen molar-refractivity contribution in [3.05, 3.63) is 35.5 Å². The summed E-state index contributed by atoms with van der Waals surface area (Å²) in [5, 5.41) is 0. The molecule has 0 aromatic carbocycles. The molecule has 0 aliphatic heterocycles. The number of hydrogen-bond acceptors (Lipinski definition) is 2. The highest BCUT2D eigenvalue weighted by atomic mass is 16.5. The van der Waals surface area contributed by atoms with E-state index in [1.54, 1.807) is 5.57 Å². The number of ether oxygens (including phenoxy) is 1. The molecule has 8 atom stereocenters. The van der Waals surface area contributed by atoms with Crippen LogP contribution in [0.25, 0.3) is 0 Å². The van der Waals surface area contributed by atoms with E-state index in [1.165, 1.54) is 31.3 Å². The second-order valence-corrected chi connectivity index (χ2v) is 12.1. The summed E-state index contributed by atoms with van der Waals surface area (Å²) >= 11 is 0. The Morgan fingerprint density at radius 1 is 0.968 bits per heavy atom. The van der Waals surface area contributed by atoms with E-state index in [1.807, 2.05) is 0 Å². The minimum Gasteiger partial charge on any atom is -0.464 e. The molecule has 0 unspecified atom stereocenters. The smallest absolute Gasteiger partial charge is 0.293 e. The van der Waals surface area contributed by atoms with Crippen molar-refractivity contribution < 1.29 is 9.53 Å². The third-order valence-corrected chi connectivity index (χ3v) is 10.3. The van der Waals surface area contributed by atoms with Crippen LogP contribution in [0.5, 0.6) is 0 Å². The first kappa shape index (κ1) is 22.9. The topological polar surface area (TPSA) is 26.3 Å². The summed E-state index contributed by atoms with van der Waals surface area (Å²) in [5.74, 6) is 4.26. The number of fused-ring (bicyclic) bond motifs is 5. The van der Waals surface area contributed by atoms with Gasteiger partial charge >= 0.3 is 0 Å². The molecule has 0 heterocycles. The average molecular weight is 425 g/mol. The maximum atomic E-state index is 10.8. The molecule has 4 aliphatic rings. The van der Waals surface area contributed by atoms with E-state index in [0.717, 1.165) is 31.1 Å². The predicted molar refractivity (Wildman–Crippen MR) is 128 cm³/mol. The third-order valence-electron chi connectivity index (χ3n) is 10.3. The summed E-state index contributed by atoms with van der Waals surface area (Å²) in [6.45, 7) is 15.2. The molecule has 2 nitrogen and oxygen atoms in total. The van der Waals surface area contributed by atoms with Gasteiger partial charge < -0.3 is 4.74 Å². The van der Waals surface area contributed by atoms with Gasteiger partial charge in [-0.25, -0.2) is 0 Å². The number of rotatable bonds is 6. The molecule has 0 radical (unpaired) electrons. The summed E-state index contributed by atoms with van der Waals surface area (Å²) in [6, 6.07) is 0. The van der Waals surface area contributed by atoms with E-state index >= 15 is 0 Å². The molecule has 31 heavy (non-hydrogen) atoms. The highest BCUT2D eigenvalue weighted by molar-refractivity contribution is 5.41. The van der Waals surface area contributed by atoms with Crippen LogP contribution < -0.4 is 0 Å². The maximum Gasteiger partial charge on any atom is 0.293 e. The van der Waals surface area contributed by atoms with E-state index in [2.05, 4.69) is 65.8 Å². The minimum atomic E-state index is 0.0809. The van der Waals surface area contributed by atoms with Gasteiger partial charge in [-0.1, -0.05) is 77.0 Å². The molecule has 3 fully saturated rings. The van der Waals surface area contributed by atoms with Crippen LogP contribution in [0.2, 0.25) is 0 Å². The van der Waals surface area contributed by atoms with Crippen molar-refractivity contribution in [2.24, 2.45) is 46.3 Å². The second-order valence-electron chi connectivity index (χ2n) is 12.1. The van der Waals surface area contributed by atoms with E-state index in [9.17, 15) is 4.79 Å². The van der Waals surface area contributed by atoms with Crippen LogP contribution in [-0.4, -0.2) is 12.6 Å². The predicted octanol–water partition coefficient (Wildman–Crippen LogP) is 7.51. The Kier molecular flexibility index (Phi) is 6.32. The summed E-state index contributed by atoms with van der Waals surface area (Å²) in [7, 11) is 0. The zero-order valence-electron chi connectivity index (χ0n) is 20.7. The van der Waals surface area contributed by atoms with E-state index in [4.69, 9.17) is 4.74 Å². The fourth-order valence-corrected chi connectivity index (χ4v) is 7.77. The molecule has 0 bridgehead atoms. The van der Waals surface area contributed by atoms with Gasteiger partial charge in [-0.2, -0.15) is 0 Å². The fraction of sp³-hybridized carbons (Fsp3) is 0.759. The third kappa shape index (κ3) is 3.87. The van der Waals surface area contributed by atoms with Gasteiger partial charge in [-0.15, -0.1) is 0 Å². The first-order valence-electron chi connectivity index (χ1n) is 12.9. The number of allylic oxidation sites excluding steroid dienone is 5. The van der Waals surface area contributed by atoms with E-state index in [-0.39, 0.29) is 11.5 Å². The Hall–Kier alpha value is -1.31. The first-order chi connectivity index (χ1) is 14.7. The van der Waals surface area contributed by atoms with Gasteiger partial charge in [-0.3, -0.25) is 4.79 Å². The molecule has 0 spiro atoms. The van der Waals surface area contributed by atoms with Crippen LogP contribution >= 0.6 is 0 Å². The molecule has 0 N–H and O–H groups in total. The molecule has 4 aliphatic carbocycles. The van der Waals surface area contributed by atoms with Crippen LogP contribution in [0.4, 0.5) is 0 Å². The zero-order valence-corrected chi connectivity index (χ0v) is 20.7. The zero-order chi connectivity index (χ0) is 22.4. The molecule has 172 valence electrons. The number of carbonyl (C=O) groups is 1. The molecule has 4 rings (SSSR count). The lowest BCUT2D eigenvalue weighted by molar-refractivity contribution is -0.135. The minimum absolute atomic E-state index is 0.0809. The fourth-order valence-electron chi connectivity index (χ4n) is 7.77. The Labute approximate surface area is 190 Å². The second kappa shape index (κ2) is 8.56. The number of carbonyl (C=O) groups excluding carboxylic acids is 1. The monoisotopic (exact) mass is 424 g/mol. The molecule has 0 saturated heterocycles. The lowest BCUT2D eigenvalue weighted by Crippen LogP contribution is -2.46.